The van der Waals surface area contributed by atoms with Crippen LogP contribution in [0.25, 0.3) is 0 Å². The van der Waals surface area contributed by atoms with E-state index in [2.05, 4.69) is 13.1 Å². The molecule has 2 nitrogen and oxygen atoms in total. The second-order valence-corrected chi connectivity index (χ2v) is 2.71. The number of hydrogen-bond donors (Lipinski definition) is 0. The Morgan fingerprint density at radius 3 is 3.09 bits per heavy atom. The highest BCUT2D eigenvalue weighted by Gasteiger charge is 2.11. The van der Waals surface area contributed by atoms with Crippen LogP contribution in [-0.4, -0.2) is 11.6 Å². The molecule has 0 amide bonds. The summed E-state index contributed by atoms with van der Waals surface area (Å²) in [6.45, 7) is 1.48. The number of hydrogen-bond acceptors (Lipinski definition) is 2. The molecule has 1 aliphatic rings. The Hall–Kier alpha value is -1.02. The second-order valence-electron chi connectivity index (χ2n) is 2.71. The molecule has 57 valence electrons. The van der Waals surface area contributed by atoms with Crippen LogP contribution in [0.3, 0.4) is 0 Å². The molecule has 1 aromatic rings. The Bertz CT molecular complexity index is 259. The zero-order chi connectivity index (χ0) is 7.68. The fourth-order valence-electron chi connectivity index (χ4n) is 1.22. The molecule has 0 spiro atoms. The van der Waals surface area contributed by atoms with Crippen molar-refractivity contribution in [2.75, 3.05) is 6.73 Å². The average Bonchev–Trinajstić information content (AvgIpc) is 2.04. The fourth-order valence-corrected chi connectivity index (χ4v) is 1.22. The molecule has 0 atom stereocenters. The van der Waals surface area contributed by atoms with Crippen LogP contribution in [0.15, 0.2) is 24.3 Å². The van der Waals surface area contributed by atoms with E-state index in [1.165, 1.54) is 5.56 Å². The molecule has 2 rings (SSSR count). The summed E-state index contributed by atoms with van der Waals surface area (Å²) in [5.74, 6) is 0.993. The summed E-state index contributed by atoms with van der Waals surface area (Å²) in [6, 6.07) is 8.05. The molecule has 1 aromatic carbocycles. The van der Waals surface area contributed by atoms with Crippen LogP contribution in [0.1, 0.15) is 5.56 Å². The van der Waals surface area contributed by atoms with Crippen molar-refractivity contribution in [2.24, 2.45) is 0 Å². The van der Waals surface area contributed by atoms with Crippen molar-refractivity contribution in [1.29, 1.82) is 0 Å². The molecule has 0 saturated carbocycles. The standard InChI is InChI=1S/C9H10NO/c1-10-6-8-4-2-3-5-9(8)11-7-10/h2-5H,1,6-7H2. The lowest BCUT2D eigenvalue weighted by Crippen LogP contribution is -2.26. The van der Waals surface area contributed by atoms with Crippen molar-refractivity contribution in [3.63, 3.8) is 0 Å². The smallest absolute Gasteiger partial charge is 0.142 e. The molecular formula is C9H10NO. The zero-order valence-corrected chi connectivity index (χ0v) is 6.29. The molecule has 1 heterocycles. The van der Waals surface area contributed by atoms with E-state index >= 15 is 0 Å². The topological polar surface area (TPSA) is 12.5 Å². The monoisotopic (exact) mass is 148 g/mol. The Morgan fingerprint density at radius 1 is 1.36 bits per heavy atom. The summed E-state index contributed by atoms with van der Waals surface area (Å²) in [6.07, 6.45) is 0. The van der Waals surface area contributed by atoms with Gasteiger partial charge >= 0.3 is 0 Å². The molecule has 0 fully saturated rings. The Labute approximate surface area is 66.4 Å². The van der Waals surface area contributed by atoms with Crippen molar-refractivity contribution < 1.29 is 4.74 Å². The van der Waals surface area contributed by atoms with Gasteiger partial charge in [0.15, 0.2) is 0 Å². The Kier molecular flexibility index (Phi) is 1.55. The highest BCUT2D eigenvalue weighted by Crippen LogP contribution is 2.23. The largest absolute Gasteiger partial charge is 0.478 e. The molecule has 0 saturated heterocycles. The minimum atomic E-state index is 0.594. The van der Waals surface area contributed by atoms with E-state index in [0.717, 1.165) is 12.3 Å². The molecule has 11 heavy (non-hydrogen) atoms. The van der Waals surface area contributed by atoms with Crippen molar-refractivity contribution in [3.05, 3.63) is 36.9 Å². The van der Waals surface area contributed by atoms with Gasteiger partial charge in [-0.15, -0.1) is 0 Å². The van der Waals surface area contributed by atoms with Crippen LogP contribution in [0, 0.1) is 7.05 Å². The Balaban J connectivity index is 2.34. The third kappa shape index (κ3) is 1.21. The van der Waals surface area contributed by atoms with E-state index in [0.29, 0.717) is 6.73 Å². The molecule has 2 heteroatoms. The van der Waals surface area contributed by atoms with Crippen molar-refractivity contribution in [1.82, 2.24) is 4.90 Å². The SMILES string of the molecule is [CH2]N1COc2ccccc2C1. The lowest BCUT2D eigenvalue weighted by molar-refractivity contribution is 0.138. The number of benzene rings is 1. The lowest BCUT2D eigenvalue weighted by Gasteiger charge is -2.24. The highest BCUT2D eigenvalue weighted by atomic mass is 16.5. The number of fused-ring (bicyclic) bond motifs is 1. The van der Waals surface area contributed by atoms with Crippen LogP contribution < -0.4 is 4.74 Å². The van der Waals surface area contributed by atoms with Gasteiger partial charge in [0.2, 0.25) is 0 Å². The summed E-state index contributed by atoms with van der Waals surface area (Å²) in [7, 11) is 3.80. The van der Waals surface area contributed by atoms with Gasteiger partial charge in [-0.25, -0.2) is 0 Å². The fraction of sp³-hybridized carbons (Fsp3) is 0.222. The molecule has 0 aromatic heterocycles. The van der Waals surface area contributed by atoms with Gasteiger partial charge in [-0.3, -0.25) is 4.90 Å². The van der Waals surface area contributed by atoms with Crippen LogP contribution in [-0.2, 0) is 6.54 Å². The first-order chi connectivity index (χ1) is 5.36. The maximum Gasteiger partial charge on any atom is 0.142 e. The van der Waals surface area contributed by atoms with E-state index in [4.69, 9.17) is 4.74 Å². The maximum absolute atomic E-state index is 5.40. The van der Waals surface area contributed by atoms with E-state index in [1.807, 2.05) is 23.1 Å². The first-order valence-corrected chi connectivity index (χ1v) is 3.62. The van der Waals surface area contributed by atoms with Gasteiger partial charge in [-0.2, -0.15) is 0 Å². The number of para-hydroxylation sites is 1. The molecular weight excluding hydrogens is 138 g/mol. The predicted molar refractivity (Wildman–Crippen MR) is 42.8 cm³/mol. The number of rotatable bonds is 0. The van der Waals surface area contributed by atoms with Gasteiger partial charge in [0.05, 0.1) is 0 Å². The van der Waals surface area contributed by atoms with Crippen LogP contribution in [0.5, 0.6) is 5.75 Å². The van der Waals surface area contributed by atoms with Crippen molar-refractivity contribution in [2.45, 2.75) is 6.54 Å². The third-order valence-corrected chi connectivity index (χ3v) is 1.77. The van der Waals surface area contributed by atoms with Gasteiger partial charge in [-0.1, -0.05) is 18.2 Å². The van der Waals surface area contributed by atoms with E-state index in [1.54, 1.807) is 0 Å². The van der Waals surface area contributed by atoms with Crippen LogP contribution in [0.2, 0.25) is 0 Å². The number of nitrogens with zero attached hydrogens (tertiary/aromatic N) is 1. The first-order valence-electron chi connectivity index (χ1n) is 3.62. The van der Waals surface area contributed by atoms with E-state index < -0.39 is 0 Å². The van der Waals surface area contributed by atoms with Gasteiger partial charge in [0.1, 0.15) is 12.5 Å². The summed E-state index contributed by atoms with van der Waals surface area (Å²) >= 11 is 0. The van der Waals surface area contributed by atoms with Gasteiger partial charge in [0, 0.05) is 19.2 Å². The van der Waals surface area contributed by atoms with Crippen LogP contribution >= 0.6 is 0 Å². The summed E-state index contributed by atoms with van der Waals surface area (Å²) in [5, 5.41) is 0. The van der Waals surface area contributed by atoms with Gasteiger partial charge < -0.3 is 4.74 Å². The Morgan fingerprint density at radius 2 is 2.18 bits per heavy atom. The highest BCUT2D eigenvalue weighted by molar-refractivity contribution is 5.34. The molecule has 0 aliphatic carbocycles. The average molecular weight is 148 g/mol. The minimum absolute atomic E-state index is 0.594. The van der Waals surface area contributed by atoms with Crippen molar-refractivity contribution in [3.8, 4) is 5.75 Å². The normalized spacial score (nSPS) is 17.2. The predicted octanol–water partition coefficient (Wildman–Crippen LogP) is 1.63. The zero-order valence-electron chi connectivity index (χ0n) is 6.29. The van der Waals surface area contributed by atoms with E-state index in [9.17, 15) is 0 Å². The summed E-state index contributed by atoms with van der Waals surface area (Å²) in [4.78, 5) is 1.89. The summed E-state index contributed by atoms with van der Waals surface area (Å²) in [5.41, 5.74) is 1.22. The van der Waals surface area contributed by atoms with E-state index in [-0.39, 0.29) is 0 Å². The molecule has 0 N–H and O–H groups in total. The summed E-state index contributed by atoms with van der Waals surface area (Å²) < 4.78 is 5.40. The van der Waals surface area contributed by atoms with Crippen LogP contribution in [0.4, 0.5) is 0 Å². The quantitative estimate of drug-likeness (QED) is 0.554. The second kappa shape index (κ2) is 2.55. The molecule has 0 bridgehead atoms. The maximum atomic E-state index is 5.40. The molecule has 1 radical (unpaired) electrons. The molecule has 1 aliphatic heterocycles. The van der Waals surface area contributed by atoms with Crippen molar-refractivity contribution >= 4 is 0 Å². The minimum Gasteiger partial charge on any atom is -0.478 e. The number of ether oxygens (including phenoxy) is 1. The van der Waals surface area contributed by atoms with Gasteiger partial charge in [-0.05, 0) is 6.07 Å². The molecule has 0 unspecified atom stereocenters. The lowest BCUT2D eigenvalue weighted by atomic mass is 10.2. The van der Waals surface area contributed by atoms with Gasteiger partial charge in [0.25, 0.3) is 0 Å². The first kappa shape index (κ1) is 6.68. The third-order valence-electron chi connectivity index (χ3n) is 1.77.